The molecule has 1 aliphatic heterocycles. The summed E-state index contributed by atoms with van der Waals surface area (Å²) in [5, 5.41) is 10.4. The molecule has 0 aliphatic carbocycles. The highest BCUT2D eigenvalue weighted by Gasteiger charge is 2.19. The van der Waals surface area contributed by atoms with Crippen LogP contribution in [0.3, 0.4) is 0 Å². The first kappa shape index (κ1) is 19.3. The summed E-state index contributed by atoms with van der Waals surface area (Å²) in [4.78, 5) is 4.35. The molecule has 26 heavy (non-hydrogen) atoms. The molecular weight excluding hydrogens is 324 g/mol. The van der Waals surface area contributed by atoms with Gasteiger partial charge in [-0.3, -0.25) is 4.98 Å². The second-order valence-electron chi connectivity index (χ2n) is 5.11. The Kier molecular flexibility index (Phi) is 6.99. The van der Waals surface area contributed by atoms with Gasteiger partial charge in [0.15, 0.2) is 11.5 Å². The number of fused-ring (bicyclic) bond motifs is 2. The van der Waals surface area contributed by atoms with Crippen LogP contribution in [0.1, 0.15) is 44.4 Å². The van der Waals surface area contributed by atoms with Crippen molar-refractivity contribution < 1.29 is 9.47 Å². The SMILES string of the molecule is CC.CC.N#Cc1cnc2ccccc2c1Cc1cccc2c1OCO2. The Morgan fingerprint density at radius 2 is 1.77 bits per heavy atom. The summed E-state index contributed by atoms with van der Waals surface area (Å²) in [5.41, 5.74) is 3.47. The maximum absolute atomic E-state index is 9.40. The molecule has 0 spiro atoms. The highest BCUT2D eigenvalue weighted by molar-refractivity contribution is 5.84. The molecule has 2 aromatic carbocycles. The predicted octanol–water partition coefficient (Wildman–Crippen LogP) is 5.48. The van der Waals surface area contributed by atoms with Crippen molar-refractivity contribution in [3.63, 3.8) is 0 Å². The Labute approximate surface area is 155 Å². The zero-order valence-corrected chi connectivity index (χ0v) is 15.7. The van der Waals surface area contributed by atoms with E-state index in [2.05, 4.69) is 11.1 Å². The molecule has 2 heterocycles. The van der Waals surface area contributed by atoms with Crippen LogP contribution in [0, 0.1) is 11.3 Å². The Morgan fingerprint density at radius 1 is 1.00 bits per heavy atom. The quantitative estimate of drug-likeness (QED) is 0.615. The number of pyridine rings is 1. The Balaban J connectivity index is 0.000000570. The summed E-state index contributed by atoms with van der Waals surface area (Å²) in [6.45, 7) is 8.24. The van der Waals surface area contributed by atoms with E-state index in [1.165, 1.54) is 0 Å². The lowest BCUT2D eigenvalue weighted by Gasteiger charge is -2.10. The molecule has 1 aliphatic rings. The predicted molar refractivity (Wildman–Crippen MR) is 105 cm³/mol. The third-order valence-electron chi connectivity index (χ3n) is 3.85. The van der Waals surface area contributed by atoms with Gasteiger partial charge in [-0.2, -0.15) is 5.26 Å². The van der Waals surface area contributed by atoms with Crippen molar-refractivity contribution in [2.45, 2.75) is 34.1 Å². The van der Waals surface area contributed by atoms with E-state index in [0.717, 1.165) is 33.5 Å². The van der Waals surface area contributed by atoms with E-state index in [1.807, 2.05) is 70.2 Å². The molecule has 0 saturated carbocycles. The normalized spacial score (nSPS) is 10.9. The van der Waals surface area contributed by atoms with Gasteiger partial charge in [0.1, 0.15) is 6.07 Å². The number of hydrogen-bond acceptors (Lipinski definition) is 4. The minimum absolute atomic E-state index is 0.245. The maximum Gasteiger partial charge on any atom is 0.231 e. The first-order valence-electron chi connectivity index (χ1n) is 9.01. The number of nitriles is 1. The van der Waals surface area contributed by atoms with E-state index >= 15 is 0 Å². The molecule has 134 valence electrons. The van der Waals surface area contributed by atoms with Crippen LogP contribution < -0.4 is 9.47 Å². The fourth-order valence-corrected chi connectivity index (χ4v) is 2.81. The fourth-order valence-electron chi connectivity index (χ4n) is 2.81. The number of benzene rings is 2. The fraction of sp³-hybridized carbons (Fsp3) is 0.273. The number of para-hydroxylation sites is 2. The number of aromatic nitrogens is 1. The number of nitrogens with zero attached hydrogens (tertiary/aromatic N) is 2. The summed E-state index contributed by atoms with van der Waals surface area (Å²) >= 11 is 0. The van der Waals surface area contributed by atoms with Gasteiger partial charge in [0.25, 0.3) is 0 Å². The van der Waals surface area contributed by atoms with Gasteiger partial charge in [-0.15, -0.1) is 0 Å². The number of rotatable bonds is 2. The summed E-state index contributed by atoms with van der Waals surface area (Å²) in [7, 11) is 0. The van der Waals surface area contributed by atoms with Gasteiger partial charge < -0.3 is 9.47 Å². The highest BCUT2D eigenvalue weighted by Crippen LogP contribution is 2.37. The molecule has 4 rings (SSSR count). The maximum atomic E-state index is 9.40. The van der Waals surface area contributed by atoms with Gasteiger partial charge in [0, 0.05) is 23.6 Å². The lowest BCUT2D eigenvalue weighted by molar-refractivity contribution is 0.173. The summed E-state index contributed by atoms with van der Waals surface area (Å²) in [6.07, 6.45) is 2.25. The van der Waals surface area contributed by atoms with Crippen molar-refractivity contribution in [3.05, 3.63) is 65.4 Å². The Morgan fingerprint density at radius 3 is 2.54 bits per heavy atom. The van der Waals surface area contributed by atoms with E-state index in [-0.39, 0.29) is 6.79 Å². The van der Waals surface area contributed by atoms with E-state index in [4.69, 9.17) is 9.47 Å². The van der Waals surface area contributed by atoms with Gasteiger partial charge in [-0.05, 0) is 17.7 Å². The zero-order valence-electron chi connectivity index (χ0n) is 15.7. The van der Waals surface area contributed by atoms with Gasteiger partial charge in [0.2, 0.25) is 6.79 Å². The molecule has 1 aromatic heterocycles. The summed E-state index contributed by atoms with van der Waals surface area (Å²) in [6, 6.07) is 15.9. The topological polar surface area (TPSA) is 55.1 Å². The molecule has 4 nitrogen and oxygen atoms in total. The van der Waals surface area contributed by atoms with Crippen molar-refractivity contribution in [2.24, 2.45) is 0 Å². The van der Waals surface area contributed by atoms with Crippen molar-refractivity contribution in [2.75, 3.05) is 6.79 Å². The third-order valence-corrected chi connectivity index (χ3v) is 3.85. The van der Waals surface area contributed by atoms with Crippen molar-refractivity contribution >= 4 is 10.9 Å². The molecule has 0 amide bonds. The molecule has 0 N–H and O–H groups in total. The molecule has 0 radical (unpaired) electrons. The van der Waals surface area contributed by atoms with Crippen molar-refractivity contribution in [1.82, 2.24) is 4.98 Å². The minimum atomic E-state index is 0.245. The Hall–Kier alpha value is -3.06. The smallest absolute Gasteiger partial charge is 0.231 e. The Bertz CT molecular complexity index is 914. The molecule has 0 saturated heterocycles. The first-order chi connectivity index (χ1) is 12.9. The van der Waals surface area contributed by atoms with Crippen molar-refractivity contribution in [1.29, 1.82) is 5.26 Å². The van der Waals surface area contributed by atoms with Crippen LogP contribution in [0.15, 0.2) is 48.7 Å². The van der Waals surface area contributed by atoms with Gasteiger partial charge in [-0.25, -0.2) is 0 Å². The van der Waals surface area contributed by atoms with Gasteiger partial charge >= 0.3 is 0 Å². The van der Waals surface area contributed by atoms with Crippen molar-refractivity contribution in [3.8, 4) is 17.6 Å². The lowest BCUT2D eigenvalue weighted by Crippen LogP contribution is -1.98. The largest absolute Gasteiger partial charge is 0.454 e. The zero-order chi connectivity index (χ0) is 18.9. The molecule has 0 fully saturated rings. The summed E-state index contributed by atoms with van der Waals surface area (Å²) < 4.78 is 11.0. The second kappa shape index (κ2) is 9.43. The van der Waals surface area contributed by atoms with E-state index < -0.39 is 0 Å². The lowest BCUT2D eigenvalue weighted by atomic mass is 9.96. The van der Waals surface area contributed by atoms with Crippen LogP contribution in [-0.4, -0.2) is 11.8 Å². The van der Waals surface area contributed by atoms with Crippen LogP contribution in [0.2, 0.25) is 0 Å². The monoisotopic (exact) mass is 348 g/mol. The molecule has 0 atom stereocenters. The van der Waals surface area contributed by atoms with Gasteiger partial charge in [-0.1, -0.05) is 58.0 Å². The second-order valence-corrected chi connectivity index (χ2v) is 5.11. The van der Waals surface area contributed by atoms with Crippen LogP contribution in [0.5, 0.6) is 11.5 Å². The molecule has 4 heteroatoms. The molecular formula is C22H24N2O2. The van der Waals surface area contributed by atoms with E-state index in [0.29, 0.717) is 12.0 Å². The van der Waals surface area contributed by atoms with Crippen LogP contribution in [0.25, 0.3) is 10.9 Å². The average Bonchev–Trinajstić information content (AvgIpc) is 3.21. The van der Waals surface area contributed by atoms with Crippen LogP contribution >= 0.6 is 0 Å². The van der Waals surface area contributed by atoms with Crippen LogP contribution in [-0.2, 0) is 6.42 Å². The van der Waals surface area contributed by atoms with E-state index in [9.17, 15) is 5.26 Å². The van der Waals surface area contributed by atoms with Crippen LogP contribution in [0.4, 0.5) is 0 Å². The average molecular weight is 348 g/mol. The van der Waals surface area contributed by atoms with E-state index in [1.54, 1.807) is 6.20 Å². The first-order valence-corrected chi connectivity index (χ1v) is 9.01. The minimum Gasteiger partial charge on any atom is -0.454 e. The molecule has 3 aromatic rings. The molecule has 0 unspecified atom stereocenters. The summed E-state index contributed by atoms with van der Waals surface area (Å²) in [5.74, 6) is 1.53. The van der Waals surface area contributed by atoms with Gasteiger partial charge in [0.05, 0.1) is 11.1 Å². The number of ether oxygens (including phenoxy) is 2. The number of hydrogen-bond donors (Lipinski definition) is 0. The molecule has 0 bridgehead atoms. The standard InChI is InChI=1S/C18H12N2O2.2C2H6/c19-9-13-10-20-16-6-2-1-5-14(16)15(13)8-12-4-3-7-17-18(12)22-11-21-17;2*1-2/h1-7,10H,8,11H2;2*1-2H3. The third kappa shape index (κ3) is 3.78. The highest BCUT2D eigenvalue weighted by atomic mass is 16.7.